The molecule has 0 amide bonds. The van der Waals surface area contributed by atoms with E-state index in [-0.39, 0.29) is 0 Å². The Balaban J connectivity index is 1.81. The number of pyridine rings is 1. The lowest BCUT2D eigenvalue weighted by atomic mass is 10.1. The number of hydrogen-bond acceptors (Lipinski definition) is 4. The zero-order valence-corrected chi connectivity index (χ0v) is 16.1. The third kappa shape index (κ3) is 3.40. The molecule has 1 saturated heterocycles. The fraction of sp³-hybridized carbons (Fsp3) is 0.316. The molecule has 1 aliphatic rings. The Morgan fingerprint density at radius 1 is 1.08 bits per heavy atom. The standard InChI is InChI=1S/C19H21Cl2N5/c1-24-6-8-25(9-7-24)12-17-19(15-4-2-13(20)10-16(15)21)23-18-5-3-14(22)11-26(17)18/h2-5,10-11H,6-9,12,22H2,1H3. The molecule has 7 heteroatoms. The molecule has 2 N–H and O–H groups in total. The number of nitrogen functional groups attached to an aromatic ring is 1. The molecule has 136 valence electrons. The summed E-state index contributed by atoms with van der Waals surface area (Å²) in [6.07, 6.45) is 1.93. The van der Waals surface area contributed by atoms with Crippen LogP contribution in [0.25, 0.3) is 16.9 Å². The van der Waals surface area contributed by atoms with E-state index in [9.17, 15) is 0 Å². The van der Waals surface area contributed by atoms with Gasteiger partial charge in [-0.2, -0.15) is 0 Å². The van der Waals surface area contributed by atoms with Gasteiger partial charge in [-0.1, -0.05) is 23.2 Å². The molecule has 0 radical (unpaired) electrons. The highest BCUT2D eigenvalue weighted by Gasteiger charge is 2.21. The van der Waals surface area contributed by atoms with E-state index in [4.69, 9.17) is 33.9 Å². The lowest BCUT2D eigenvalue weighted by Gasteiger charge is -2.32. The number of nitrogens with two attached hydrogens (primary N) is 1. The third-order valence-corrected chi connectivity index (χ3v) is 5.44. The molecule has 26 heavy (non-hydrogen) atoms. The first-order chi connectivity index (χ1) is 12.5. The molecular formula is C19H21Cl2N5. The smallest absolute Gasteiger partial charge is 0.137 e. The van der Waals surface area contributed by atoms with Crippen LogP contribution >= 0.6 is 23.2 Å². The zero-order chi connectivity index (χ0) is 18.3. The summed E-state index contributed by atoms with van der Waals surface area (Å²) in [5.41, 5.74) is 10.5. The van der Waals surface area contributed by atoms with Crippen molar-refractivity contribution in [2.45, 2.75) is 6.54 Å². The third-order valence-electron chi connectivity index (χ3n) is 4.90. The van der Waals surface area contributed by atoms with E-state index >= 15 is 0 Å². The highest BCUT2D eigenvalue weighted by atomic mass is 35.5. The topological polar surface area (TPSA) is 49.8 Å². The first-order valence-electron chi connectivity index (χ1n) is 8.64. The van der Waals surface area contributed by atoms with Crippen molar-refractivity contribution < 1.29 is 0 Å². The molecule has 0 atom stereocenters. The Labute approximate surface area is 162 Å². The number of fused-ring (bicyclic) bond motifs is 1. The van der Waals surface area contributed by atoms with Crippen molar-refractivity contribution in [3.8, 4) is 11.3 Å². The highest BCUT2D eigenvalue weighted by Crippen LogP contribution is 2.33. The number of likely N-dealkylation sites (N-methyl/N-ethyl adjacent to an activating group) is 1. The van der Waals surface area contributed by atoms with Gasteiger partial charge in [0.2, 0.25) is 0 Å². The van der Waals surface area contributed by atoms with E-state index in [0.717, 1.165) is 55.3 Å². The predicted octanol–water partition coefficient (Wildman–Crippen LogP) is 3.64. The Bertz CT molecular complexity index is 944. The Hall–Kier alpha value is -1.79. The van der Waals surface area contributed by atoms with Gasteiger partial charge in [0.15, 0.2) is 0 Å². The lowest BCUT2D eigenvalue weighted by molar-refractivity contribution is 0.147. The van der Waals surface area contributed by atoms with Gasteiger partial charge >= 0.3 is 0 Å². The molecule has 0 bridgehead atoms. The van der Waals surface area contributed by atoms with Crippen molar-refractivity contribution in [3.63, 3.8) is 0 Å². The Morgan fingerprint density at radius 2 is 1.85 bits per heavy atom. The molecule has 1 aromatic carbocycles. The van der Waals surface area contributed by atoms with E-state index in [0.29, 0.717) is 15.7 Å². The minimum Gasteiger partial charge on any atom is -0.398 e. The molecule has 1 aliphatic heterocycles. The highest BCUT2D eigenvalue weighted by molar-refractivity contribution is 6.36. The second kappa shape index (κ2) is 7.08. The van der Waals surface area contributed by atoms with Crippen LogP contribution in [0.2, 0.25) is 10.0 Å². The zero-order valence-electron chi connectivity index (χ0n) is 14.6. The predicted molar refractivity (Wildman–Crippen MR) is 108 cm³/mol. The van der Waals surface area contributed by atoms with Crippen molar-refractivity contribution >= 4 is 34.5 Å². The van der Waals surface area contributed by atoms with E-state index in [1.54, 1.807) is 6.07 Å². The molecule has 5 nitrogen and oxygen atoms in total. The number of piperazine rings is 1. The second-order valence-electron chi connectivity index (χ2n) is 6.80. The van der Waals surface area contributed by atoms with Gasteiger partial charge in [0.05, 0.1) is 16.4 Å². The van der Waals surface area contributed by atoms with Crippen LogP contribution in [-0.4, -0.2) is 52.4 Å². The number of rotatable bonds is 3. The van der Waals surface area contributed by atoms with Crippen molar-refractivity contribution in [3.05, 3.63) is 52.3 Å². The molecule has 3 aromatic rings. The maximum Gasteiger partial charge on any atom is 0.137 e. The first-order valence-corrected chi connectivity index (χ1v) is 9.39. The van der Waals surface area contributed by atoms with E-state index < -0.39 is 0 Å². The van der Waals surface area contributed by atoms with Gasteiger partial charge < -0.3 is 15.0 Å². The molecule has 0 saturated carbocycles. The van der Waals surface area contributed by atoms with Crippen LogP contribution in [0.5, 0.6) is 0 Å². The molecule has 0 aliphatic carbocycles. The van der Waals surface area contributed by atoms with Gasteiger partial charge in [0.25, 0.3) is 0 Å². The summed E-state index contributed by atoms with van der Waals surface area (Å²) in [7, 11) is 2.16. The largest absolute Gasteiger partial charge is 0.398 e. The van der Waals surface area contributed by atoms with Crippen molar-refractivity contribution in [1.82, 2.24) is 19.2 Å². The lowest BCUT2D eigenvalue weighted by Crippen LogP contribution is -2.44. The fourth-order valence-corrected chi connectivity index (χ4v) is 3.87. The number of benzene rings is 1. The van der Waals surface area contributed by atoms with E-state index in [2.05, 4.69) is 21.2 Å². The van der Waals surface area contributed by atoms with Crippen molar-refractivity contribution in [1.29, 1.82) is 0 Å². The minimum atomic E-state index is 0.605. The van der Waals surface area contributed by atoms with Crippen LogP contribution in [0.1, 0.15) is 5.69 Å². The SMILES string of the molecule is CN1CCN(Cc2c(-c3ccc(Cl)cc3Cl)nc3ccc(N)cn23)CC1. The normalized spacial score (nSPS) is 16.4. The molecular weight excluding hydrogens is 369 g/mol. The van der Waals surface area contributed by atoms with Gasteiger partial charge in [-0.05, 0) is 37.4 Å². The van der Waals surface area contributed by atoms with Gasteiger partial charge in [-0.15, -0.1) is 0 Å². The summed E-state index contributed by atoms with van der Waals surface area (Å²) in [5, 5.41) is 1.22. The molecule has 0 unspecified atom stereocenters. The molecule has 0 spiro atoms. The number of halogens is 2. The quantitative estimate of drug-likeness (QED) is 0.742. The van der Waals surface area contributed by atoms with Gasteiger partial charge in [-0.25, -0.2) is 4.98 Å². The summed E-state index contributed by atoms with van der Waals surface area (Å²) in [5.74, 6) is 0. The summed E-state index contributed by atoms with van der Waals surface area (Å²) in [6.45, 7) is 4.98. The minimum absolute atomic E-state index is 0.605. The number of hydrogen-bond donors (Lipinski definition) is 1. The van der Waals surface area contributed by atoms with Gasteiger partial charge in [-0.3, -0.25) is 4.90 Å². The number of imidazole rings is 1. The van der Waals surface area contributed by atoms with Crippen LogP contribution in [0.15, 0.2) is 36.5 Å². The van der Waals surface area contributed by atoms with E-state index in [1.807, 2.05) is 30.5 Å². The van der Waals surface area contributed by atoms with Crippen LogP contribution in [0.4, 0.5) is 5.69 Å². The Morgan fingerprint density at radius 3 is 2.58 bits per heavy atom. The van der Waals surface area contributed by atoms with Crippen molar-refractivity contribution in [2.24, 2.45) is 0 Å². The average molecular weight is 390 g/mol. The van der Waals surface area contributed by atoms with Crippen LogP contribution in [-0.2, 0) is 6.54 Å². The number of anilines is 1. The van der Waals surface area contributed by atoms with Crippen LogP contribution in [0, 0.1) is 0 Å². The number of aromatic nitrogens is 2. The maximum atomic E-state index is 6.48. The second-order valence-corrected chi connectivity index (χ2v) is 7.64. The van der Waals surface area contributed by atoms with Crippen LogP contribution < -0.4 is 5.73 Å². The summed E-state index contributed by atoms with van der Waals surface area (Å²) >= 11 is 12.6. The molecule has 1 fully saturated rings. The first kappa shape index (κ1) is 17.6. The maximum absolute atomic E-state index is 6.48. The van der Waals surface area contributed by atoms with Crippen molar-refractivity contribution in [2.75, 3.05) is 39.0 Å². The molecule has 3 heterocycles. The summed E-state index contributed by atoms with van der Waals surface area (Å²) in [4.78, 5) is 9.63. The number of nitrogens with zero attached hydrogens (tertiary/aromatic N) is 4. The Kier molecular flexibility index (Phi) is 4.80. The molecule has 2 aromatic heterocycles. The monoisotopic (exact) mass is 389 g/mol. The van der Waals surface area contributed by atoms with E-state index in [1.165, 1.54) is 0 Å². The van der Waals surface area contributed by atoms with Gasteiger partial charge in [0.1, 0.15) is 5.65 Å². The summed E-state index contributed by atoms with van der Waals surface area (Å²) in [6, 6.07) is 9.35. The molecule has 4 rings (SSSR count). The summed E-state index contributed by atoms with van der Waals surface area (Å²) < 4.78 is 2.08. The fourth-order valence-electron chi connectivity index (χ4n) is 3.38. The van der Waals surface area contributed by atoms with Gasteiger partial charge in [0, 0.05) is 55.2 Å². The average Bonchev–Trinajstić information content (AvgIpc) is 2.94. The van der Waals surface area contributed by atoms with Crippen LogP contribution in [0.3, 0.4) is 0 Å².